The lowest BCUT2D eigenvalue weighted by Gasteiger charge is -2.23. The summed E-state index contributed by atoms with van der Waals surface area (Å²) < 4.78 is 7.78. The SMILES string of the molecule is Cc1c(C(=O)Nc2ccc(OCC(C)(C)C)c(C#N)c2)cnn1C1CCCCC1.O. The monoisotopic (exact) mass is 412 g/mol. The van der Waals surface area contributed by atoms with E-state index in [1.54, 1.807) is 24.4 Å². The first kappa shape index (κ1) is 23.4. The summed E-state index contributed by atoms with van der Waals surface area (Å²) in [6, 6.07) is 7.68. The van der Waals surface area contributed by atoms with Gasteiger partial charge in [0.25, 0.3) is 5.91 Å². The van der Waals surface area contributed by atoms with Gasteiger partial charge in [0.05, 0.1) is 30.0 Å². The molecule has 1 aliphatic rings. The number of hydrogen-bond acceptors (Lipinski definition) is 4. The first-order valence-corrected chi connectivity index (χ1v) is 10.3. The van der Waals surface area contributed by atoms with Crippen LogP contribution in [-0.4, -0.2) is 27.8 Å². The van der Waals surface area contributed by atoms with E-state index in [9.17, 15) is 10.1 Å². The number of carbonyl (C=O) groups is 1. The molecule has 0 radical (unpaired) electrons. The predicted molar refractivity (Wildman–Crippen MR) is 117 cm³/mol. The number of carbonyl (C=O) groups excluding carboxylic acids is 1. The number of rotatable bonds is 5. The van der Waals surface area contributed by atoms with Crippen molar-refractivity contribution in [2.45, 2.75) is 65.8 Å². The molecule has 1 aromatic carbocycles. The summed E-state index contributed by atoms with van der Waals surface area (Å²) in [5, 5.41) is 16.8. The Morgan fingerprint density at radius 3 is 2.63 bits per heavy atom. The summed E-state index contributed by atoms with van der Waals surface area (Å²) in [6.07, 6.45) is 7.58. The molecule has 0 aliphatic heterocycles. The van der Waals surface area contributed by atoms with E-state index in [1.165, 1.54) is 19.3 Å². The molecule has 1 heterocycles. The summed E-state index contributed by atoms with van der Waals surface area (Å²) >= 11 is 0. The first-order valence-electron chi connectivity index (χ1n) is 10.3. The van der Waals surface area contributed by atoms with E-state index in [1.807, 2.05) is 11.6 Å². The zero-order valence-electron chi connectivity index (χ0n) is 18.3. The van der Waals surface area contributed by atoms with Crippen molar-refractivity contribution < 1.29 is 15.0 Å². The normalized spacial score (nSPS) is 14.5. The molecule has 0 saturated heterocycles. The van der Waals surface area contributed by atoms with Crippen molar-refractivity contribution in [3.8, 4) is 11.8 Å². The Hall–Kier alpha value is -2.85. The van der Waals surface area contributed by atoms with Crippen LogP contribution in [-0.2, 0) is 0 Å². The van der Waals surface area contributed by atoms with Gasteiger partial charge in [0.15, 0.2) is 0 Å². The number of ether oxygens (including phenoxy) is 1. The summed E-state index contributed by atoms with van der Waals surface area (Å²) in [7, 11) is 0. The van der Waals surface area contributed by atoms with Crippen molar-refractivity contribution in [3.05, 3.63) is 41.2 Å². The molecular formula is C23H32N4O3. The van der Waals surface area contributed by atoms with Crippen molar-refractivity contribution in [1.29, 1.82) is 5.26 Å². The Morgan fingerprint density at radius 1 is 1.30 bits per heavy atom. The Kier molecular flexibility index (Phi) is 7.63. The average Bonchev–Trinajstić information content (AvgIpc) is 3.08. The van der Waals surface area contributed by atoms with Gasteiger partial charge in [-0.2, -0.15) is 10.4 Å². The van der Waals surface area contributed by atoms with E-state index < -0.39 is 0 Å². The highest BCUT2D eigenvalue weighted by Crippen LogP contribution is 2.30. The fourth-order valence-corrected chi connectivity index (χ4v) is 3.65. The standard InChI is InChI=1S/C23H30N4O2.H2O/c1-16-20(14-25-27(16)19-8-6-5-7-9-19)22(28)26-18-10-11-21(17(12-18)13-24)29-15-23(2,3)4;/h10-12,14,19H,5-9,15H2,1-4H3,(H,26,28);1H2. The molecule has 1 fully saturated rings. The van der Waals surface area contributed by atoms with E-state index in [4.69, 9.17) is 4.74 Å². The second-order valence-corrected chi connectivity index (χ2v) is 9.01. The van der Waals surface area contributed by atoms with Crippen LogP contribution >= 0.6 is 0 Å². The molecule has 162 valence electrons. The zero-order valence-corrected chi connectivity index (χ0v) is 18.3. The third-order valence-electron chi connectivity index (χ3n) is 5.23. The van der Waals surface area contributed by atoms with Crippen LogP contribution < -0.4 is 10.1 Å². The number of anilines is 1. The van der Waals surface area contributed by atoms with E-state index in [0.29, 0.717) is 35.2 Å². The molecule has 0 spiro atoms. The Bertz CT molecular complexity index is 916. The molecule has 7 heteroatoms. The number of nitrogens with zero attached hydrogens (tertiary/aromatic N) is 3. The van der Waals surface area contributed by atoms with Gasteiger partial charge in [-0.3, -0.25) is 9.48 Å². The molecule has 2 aromatic rings. The van der Waals surface area contributed by atoms with Crippen LogP contribution in [0.4, 0.5) is 5.69 Å². The molecule has 1 aromatic heterocycles. The van der Waals surface area contributed by atoms with Crippen LogP contribution in [0.5, 0.6) is 5.75 Å². The quantitative estimate of drug-likeness (QED) is 0.783. The maximum Gasteiger partial charge on any atom is 0.259 e. The largest absolute Gasteiger partial charge is 0.492 e. The fourth-order valence-electron chi connectivity index (χ4n) is 3.65. The van der Waals surface area contributed by atoms with Gasteiger partial charge in [-0.25, -0.2) is 0 Å². The number of nitrogens with one attached hydrogen (secondary N) is 1. The number of nitriles is 1. The van der Waals surface area contributed by atoms with E-state index in [-0.39, 0.29) is 16.8 Å². The number of benzene rings is 1. The maximum atomic E-state index is 12.8. The number of amides is 1. The molecule has 0 unspecified atom stereocenters. The number of hydrogen-bond donors (Lipinski definition) is 1. The summed E-state index contributed by atoms with van der Waals surface area (Å²) in [4.78, 5) is 12.8. The predicted octanol–water partition coefficient (Wildman–Crippen LogP) is 4.42. The molecule has 7 nitrogen and oxygen atoms in total. The van der Waals surface area contributed by atoms with Crippen LogP contribution in [0.1, 0.15) is 80.5 Å². The molecule has 3 N–H and O–H groups in total. The van der Waals surface area contributed by atoms with Crippen LogP contribution in [0.2, 0.25) is 0 Å². The van der Waals surface area contributed by atoms with Gasteiger partial charge in [0.1, 0.15) is 11.8 Å². The van der Waals surface area contributed by atoms with Crippen molar-refractivity contribution in [3.63, 3.8) is 0 Å². The minimum absolute atomic E-state index is 0. The fraction of sp³-hybridized carbons (Fsp3) is 0.522. The van der Waals surface area contributed by atoms with Crippen molar-refractivity contribution in [2.75, 3.05) is 11.9 Å². The van der Waals surface area contributed by atoms with E-state index in [0.717, 1.165) is 18.5 Å². The highest BCUT2D eigenvalue weighted by Gasteiger charge is 2.22. The minimum Gasteiger partial charge on any atom is -0.492 e. The highest BCUT2D eigenvalue weighted by molar-refractivity contribution is 6.05. The molecule has 1 amide bonds. The zero-order chi connectivity index (χ0) is 21.0. The Labute approximate surface area is 178 Å². The van der Waals surface area contributed by atoms with E-state index in [2.05, 4.69) is 37.3 Å². The third-order valence-corrected chi connectivity index (χ3v) is 5.23. The number of aromatic nitrogens is 2. The van der Waals surface area contributed by atoms with Crippen molar-refractivity contribution in [1.82, 2.24) is 9.78 Å². The topological polar surface area (TPSA) is 111 Å². The van der Waals surface area contributed by atoms with Gasteiger partial charge in [0.2, 0.25) is 0 Å². The molecular weight excluding hydrogens is 380 g/mol. The first-order chi connectivity index (χ1) is 13.8. The van der Waals surface area contributed by atoms with Gasteiger partial charge in [-0.05, 0) is 43.4 Å². The summed E-state index contributed by atoms with van der Waals surface area (Å²) in [5.41, 5.74) is 2.43. The van der Waals surface area contributed by atoms with Crippen LogP contribution in [0.15, 0.2) is 24.4 Å². The van der Waals surface area contributed by atoms with Gasteiger partial charge in [-0.1, -0.05) is 40.0 Å². The van der Waals surface area contributed by atoms with Gasteiger partial charge in [0, 0.05) is 11.4 Å². The molecule has 1 aliphatic carbocycles. The van der Waals surface area contributed by atoms with Crippen LogP contribution in [0, 0.1) is 23.7 Å². The van der Waals surface area contributed by atoms with Crippen LogP contribution in [0.3, 0.4) is 0 Å². The Morgan fingerprint density at radius 2 is 2.00 bits per heavy atom. The minimum atomic E-state index is -0.211. The highest BCUT2D eigenvalue weighted by atomic mass is 16.5. The lowest BCUT2D eigenvalue weighted by molar-refractivity contribution is 0.102. The van der Waals surface area contributed by atoms with Crippen molar-refractivity contribution in [2.24, 2.45) is 5.41 Å². The molecule has 3 rings (SSSR count). The van der Waals surface area contributed by atoms with Crippen molar-refractivity contribution >= 4 is 11.6 Å². The van der Waals surface area contributed by atoms with Gasteiger partial charge < -0.3 is 15.5 Å². The summed E-state index contributed by atoms with van der Waals surface area (Å²) in [5.74, 6) is 0.318. The molecule has 0 bridgehead atoms. The third kappa shape index (κ3) is 5.61. The Balaban J connectivity index is 0.00000320. The van der Waals surface area contributed by atoms with Gasteiger partial charge in [-0.15, -0.1) is 0 Å². The smallest absolute Gasteiger partial charge is 0.259 e. The lowest BCUT2D eigenvalue weighted by atomic mass is 9.95. The van der Waals surface area contributed by atoms with Crippen LogP contribution in [0.25, 0.3) is 0 Å². The molecule has 30 heavy (non-hydrogen) atoms. The van der Waals surface area contributed by atoms with Gasteiger partial charge >= 0.3 is 0 Å². The molecule has 1 saturated carbocycles. The average molecular weight is 413 g/mol. The van der Waals surface area contributed by atoms with E-state index >= 15 is 0 Å². The second kappa shape index (κ2) is 9.77. The molecule has 0 atom stereocenters. The lowest BCUT2D eigenvalue weighted by Crippen LogP contribution is -2.18. The summed E-state index contributed by atoms with van der Waals surface area (Å²) in [6.45, 7) is 8.67. The maximum absolute atomic E-state index is 12.8. The second-order valence-electron chi connectivity index (χ2n) is 9.01.